The van der Waals surface area contributed by atoms with Gasteiger partial charge in [0.05, 0.1) is 29.3 Å². The van der Waals surface area contributed by atoms with Crippen LogP contribution < -0.4 is 5.32 Å². The van der Waals surface area contributed by atoms with Crippen molar-refractivity contribution in [2.24, 2.45) is 5.41 Å². The third-order valence-electron chi connectivity index (χ3n) is 3.45. The second-order valence-electron chi connectivity index (χ2n) is 4.87. The molecule has 0 bridgehead atoms. The number of hydrogen-bond donors (Lipinski definition) is 2. The Morgan fingerprint density at radius 1 is 1.55 bits per heavy atom. The fourth-order valence-corrected chi connectivity index (χ4v) is 2.37. The average molecular weight is 346 g/mol. The number of carboxylic acids is 1. The highest BCUT2D eigenvalue weighted by molar-refractivity contribution is 9.10. The van der Waals surface area contributed by atoms with Gasteiger partial charge in [-0.1, -0.05) is 6.07 Å². The fourth-order valence-electron chi connectivity index (χ4n) is 2.00. The number of aliphatic carboxylic acids is 1. The van der Waals surface area contributed by atoms with E-state index in [0.29, 0.717) is 0 Å². The van der Waals surface area contributed by atoms with Gasteiger partial charge < -0.3 is 15.2 Å². The molecule has 1 aromatic rings. The summed E-state index contributed by atoms with van der Waals surface area (Å²) in [6, 6.07) is 3.64. The van der Waals surface area contributed by atoms with Gasteiger partial charge in [0.1, 0.15) is 11.2 Å². The molecule has 0 saturated carbocycles. The number of carbonyl (C=O) groups is 2. The van der Waals surface area contributed by atoms with Crippen LogP contribution >= 0.6 is 15.9 Å². The largest absolute Gasteiger partial charge is 0.481 e. The number of amides is 1. The van der Waals surface area contributed by atoms with E-state index in [1.165, 1.54) is 25.1 Å². The summed E-state index contributed by atoms with van der Waals surface area (Å²) < 4.78 is 19.1. The Morgan fingerprint density at radius 2 is 2.25 bits per heavy atom. The van der Waals surface area contributed by atoms with Crippen molar-refractivity contribution in [1.29, 1.82) is 0 Å². The van der Waals surface area contributed by atoms with Crippen LogP contribution in [-0.2, 0) is 9.53 Å². The van der Waals surface area contributed by atoms with E-state index in [1.54, 1.807) is 0 Å². The molecule has 1 amide bonds. The molecule has 1 fully saturated rings. The Bertz CT molecular complexity index is 565. The van der Waals surface area contributed by atoms with Gasteiger partial charge in [-0.25, -0.2) is 4.39 Å². The van der Waals surface area contributed by atoms with Crippen molar-refractivity contribution >= 4 is 27.8 Å². The van der Waals surface area contributed by atoms with Crippen LogP contribution in [0, 0.1) is 11.2 Å². The van der Waals surface area contributed by atoms with Crippen molar-refractivity contribution < 1.29 is 23.8 Å². The third kappa shape index (κ3) is 2.55. The van der Waals surface area contributed by atoms with E-state index < -0.39 is 29.2 Å². The first-order valence-electron chi connectivity index (χ1n) is 5.92. The van der Waals surface area contributed by atoms with Gasteiger partial charge in [0.2, 0.25) is 0 Å². The van der Waals surface area contributed by atoms with Crippen LogP contribution in [0.3, 0.4) is 0 Å². The summed E-state index contributed by atoms with van der Waals surface area (Å²) in [6.07, 6.45) is 0. The molecule has 1 aliphatic heterocycles. The number of carbonyl (C=O) groups excluding carboxylic acids is 1. The lowest BCUT2D eigenvalue weighted by Gasteiger charge is -2.25. The number of hydrogen-bond acceptors (Lipinski definition) is 3. The van der Waals surface area contributed by atoms with Crippen LogP contribution in [0.2, 0.25) is 0 Å². The topological polar surface area (TPSA) is 75.6 Å². The molecule has 1 saturated heterocycles. The minimum atomic E-state index is -1.21. The Hall–Kier alpha value is -1.47. The summed E-state index contributed by atoms with van der Waals surface area (Å²) in [5, 5.41) is 11.7. The molecule has 2 atom stereocenters. The van der Waals surface area contributed by atoms with Crippen molar-refractivity contribution in [1.82, 2.24) is 5.32 Å². The number of rotatable bonds is 3. The molecule has 0 aromatic heterocycles. The minimum Gasteiger partial charge on any atom is -0.481 e. The predicted octanol–water partition coefficient (Wildman–Crippen LogP) is 1.81. The molecule has 2 rings (SSSR count). The molecular formula is C13H13BrFNO4. The molecule has 0 aliphatic carbocycles. The van der Waals surface area contributed by atoms with Crippen molar-refractivity contribution in [3.05, 3.63) is 34.1 Å². The highest BCUT2D eigenvalue weighted by Crippen LogP contribution is 2.29. The summed E-state index contributed by atoms with van der Waals surface area (Å²) in [5.41, 5.74) is -1.35. The second-order valence-corrected chi connectivity index (χ2v) is 5.72. The quantitative estimate of drug-likeness (QED) is 0.875. The molecule has 1 aliphatic rings. The lowest BCUT2D eigenvalue weighted by atomic mass is 9.85. The first-order chi connectivity index (χ1) is 9.36. The highest BCUT2D eigenvalue weighted by Gasteiger charge is 2.47. The first-order valence-corrected chi connectivity index (χ1v) is 6.71. The first kappa shape index (κ1) is 14.9. The van der Waals surface area contributed by atoms with E-state index in [2.05, 4.69) is 21.2 Å². The molecule has 7 heteroatoms. The van der Waals surface area contributed by atoms with E-state index in [-0.39, 0.29) is 23.2 Å². The Balaban J connectivity index is 2.20. The molecule has 108 valence electrons. The van der Waals surface area contributed by atoms with Gasteiger partial charge in [0.25, 0.3) is 5.91 Å². The van der Waals surface area contributed by atoms with Crippen LogP contribution in [0.15, 0.2) is 22.7 Å². The third-order valence-corrected chi connectivity index (χ3v) is 4.06. The van der Waals surface area contributed by atoms with Crippen LogP contribution in [-0.4, -0.2) is 36.2 Å². The second kappa shape index (κ2) is 5.49. The molecule has 1 heterocycles. The SMILES string of the molecule is CC1(C(=O)O)COCC1NC(=O)c1cccc(Br)c1F. The van der Waals surface area contributed by atoms with Gasteiger partial charge in [0.15, 0.2) is 0 Å². The van der Waals surface area contributed by atoms with Crippen LogP contribution in [0.25, 0.3) is 0 Å². The molecule has 0 spiro atoms. The maximum Gasteiger partial charge on any atom is 0.313 e. The Labute approximate surface area is 123 Å². The van der Waals surface area contributed by atoms with E-state index in [4.69, 9.17) is 4.74 Å². The molecule has 1 aromatic carbocycles. The number of benzene rings is 1. The minimum absolute atomic E-state index is 0.00818. The van der Waals surface area contributed by atoms with Crippen molar-refractivity contribution in [3.63, 3.8) is 0 Å². The number of ether oxygens (including phenoxy) is 1. The van der Waals surface area contributed by atoms with Gasteiger partial charge in [0, 0.05) is 0 Å². The average Bonchev–Trinajstić information content (AvgIpc) is 2.75. The van der Waals surface area contributed by atoms with Crippen LogP contribution in [0.5, 0.6) is 0 Å². The van der Waals surface area contributed by atoms with Crippen molar-refractivity contribution in [2.45, 2.75) is 13.0 Å². The van der Waals surface area contributed by atoms with Gasteiger partial charge >= 0.3 is 5.97 Å². The van der Waals surface area contributed by atoms with E-state index >= 15 is 0 Å². The molecule has 20 heavy (non-hydrogen) atoms. The van der Waals surface area contributed by atoms with Crippen molar-refractivity contribution in [2.75, 3.05) is 13.2 Å². The molecule has 0 radical (unpaired) electrons. The highest BCUT2D eigenvalue weighted by atomic mass is 79.9. The molecule has 5 nitrogen and oxygen atoms in total. The zero-order valence-electron chi connectivity index (χ0n) is 10.7. The lowest BCUT2D eigenvalue weighted by Crippen LogP contribution is -2.49. The van der Waals surface area contributed by atoms with Gasteiger partial charge in [-0.05, 0) is 35.0 Å². The number of halogens is 2. The number of carboxylic acid groups (broad SMARTS) is 1. The van der Waals surface area contributed by atoms with Gasteiger partial charge in [-0.15, -0.1) is 0 Å². The van der Waals surface area contributed by atoms with Crippen LogP contribution in [0.4, 0.5) is 4.39 Å². The number of nitrogens with one attached hydrogen (secondary N) is 1. The molecular weight excluding hydrogens is 333 g/mol. The van der Waals surface area contributed by atoms with E-state index in [0.717, 1.165) is 0 Å². The zero-order chi connectivity index (χ0) is 14.9. The van der Waals surface area contributed by atoms with Gasteiger partial charge in [-0.3, -0.25) is 9.59 Å². The summed E-state index contributed by atoms with van der Waals surface area (Å²) >= 11 is 3.00. The summed E-state index contributed by atoms with van der Waals surface area (Å²) in [7, 11) is 0. The maximum absolute atomic E-state index is 13.8. The van der Waals surface area contributed by atoms with Gasteiger partial charge in [-0.2, -0.15) is 0 Å². The maximum atomic E-state index is 13.8. The lowest BCUT2D eigenvalue weighted by molar-refractivity contribution is -0.148. The predicted molar refractivity (Wildman–Crippen MR) is 71.9 cm³/mol. The van der Waals surface area contributed by atoms with E-state index in [9.17, 15) is 19.1 Å². The van der Waals surface area contributed by atoms with Crippen LogP contribution in [0.1, 0.15) is 17.3 Å². The molecule has 2 N–H and O–H groups in total. The Kier molecular flexibility index (Phi) is 4.10. The standard InChI is InChI=1S/C13H13BrFNO4/c1-13(12(18)19)6-20-5-9(13)16-11(17)7-3-2-4-8(14)10(7)15/h2-4,9H,5-6H2,1H3,(H,16,17)(H,18,19). The monoisotopic (exact) mass is 345 g/mol. The molecule has 2 unspecified atom stereocenters. The summed E-state index contributed by atoms with van der Waals surface area (Å²) in [4.78, 5) is 23.3. The smallest absolute Gasteiger partial charge is 0.313 e. The summed E-state index contributed by atoms with van der Waals surface area (Å²) in [6.45, 7) is 1.59. The summed E-state index contributed by atoms with van der Waals surface area (Å²) in [5.74, 6) is -2.40. The Morgan fingerprint density at radius 3 is 2.90 bits per heavy atom. The normalized spacial score (nSPS) is 25.4. The fraction of sp³-hybridized carbons (Fsp3) is 0.385. The zero-order valence-corrected chi connectivity index (χ0v) is 12.2. The van der Waals surface area contributed by atoms with Crippen molar-refractivity contribution in [3.8, 4) is 0 Å². The van der Waals surface area contributed by atoms with E-state index in [1.807, 2.05) is 0 Å².